The van der Waals surface area contributed by atoms with Crippen LogP contribution >= 0.6 is 11.6 Å². The van der Waals surface area contributed by atoms with E-state index in [2.05, 4.69) is 4.72 Å². The van der Waals surface area contributed by atoms with Crippen molar-refractivity contribution in [2.45, 2.75) is 11.4 Å². The van der Waals surface area contributed by atoms with Crippen molar-refractivity contribution in [2.75, 3.05) is 13.2 Å². The predicted molar refractivity (Wildman–Crippen MR) is 106 cm³/mol. The molecule has 0 unspecified atom stereocenters. The molecule has 2 aromatic carbocycles. The molecule has 0 bridgehead atoms. The Morgan fingerprint density at radius 1 is 1.00 bits per heavy atom. The van der Waals surface area contributed by atoms with E-state index in [9.17, 15) is 13.2 Å². The van der Waals surface area contributed by atoms with Crippen LogP contribution in [0.25, 0.3) is 0 Å². The molecule has 0 saturated heterocycles. The van der Waals surface area contributed by atoms with Gasteiger partial charge in [-0.15, -0.1) is 0 Å². The van der Waals surface area contributed by atoms with Gasteiger partial charge >= 0.3 is 5.97 Å². The lowest BCUT2D eigenvalue weighted by molar-refractivity contribution is 0.0450. The molecule has 0 aliphatic carbocycles. The van der Waals surface area contributed by atoms with Crippen LogP contribution in [0.1, 0.15) is 16.1 Å². The van der Waals surface area contributed by atoms with Gasteiger partial charge < -0.3 is 13.9 Å². The first kappa shape index (κ1) is 20.9. The molecule has 0 radical (unpaired) electrons. The van der Waals surface area contributed by atoms with Crippen molar-refractivity contribution < 1.29 is 27.1 Å². The largest absolute Gasteiger partial charge is 0.488 e. The maximum atomic E-state index is 12.3. The van der Waals surface area contributed by atoms with Gasteiger partial charge in [-0.3, -0.25) is 0 Å². The van der Waals surface area contributed by atoms with Gasteiger partial charge in [-0.2, -0.15) is 0 Å². The van der Waals surface area contributed by atoms with Gasteiger partial charge in [-0.25, -0.2) is 17.9 Å². The third-order valence-electron chi connectivity index (χ3n) is 3.83. The summed E-state index contributed by atoms with van der Waals surface area (Å²) < 4.78 is 42.7. The summed E-state index contributed by atoms with van der Waals surface area (Å²) in [6.07, 6.45) is 1.46. The van der Waals surface area contributed by atoms with Gasteiger partial charge in [-0.1, -0.05) is 23.7 Å². The van der Waals surface area contributed by atoms with Crippen molar-refractivity contribution in [3.63, 3.8) is 0 Å². The van der Waals surface area contributed by atoms with Crippen LogP contribution in [0.5, 0.6) is 5.75 Å². The first-order valence-corrected chi connectivity index (χ1v) is 10.5. The number of sulfonamides is 1. The molecule has 9 heteroatoms. The van der Waals surface area contributed by atoms with Gasteiger partial charge in [0.2, 0.25) is 10.0 Å². The van der Waals surface area contributed by atoms with E-state index in [1.165, 1.54) is 30.5 Å². The van der Waals surface area contributed by atoms with E-state index in [4.69, 9.17) is 25.5 Å². The first-order valence-electron chi connectivity index (χ1n) is 8.62. The zero-order valence-corrected chi connectivity index (χ0v) is 16.8. The highest BCUT2D eigenvalue weighted by molar-refractivity contribution is 7.89. The van der Waals surface area contributed by atoms with Gasteiger partial charge in [0.1, 0.15) is 24.7 Å². The van der Waals surface area contributed by atoms with E-state index >= 15 is 0 Å². The molecule has 29 heavy (non-hydrogen) atoms. The Bertz CT molecular complexity index is 1050. The minimum absolute atomic E-state index is 0.0226. The van der Waals surface area contributed by atoms with Crippen LogP contribution < -0.4 is 9.46 Å². The summed E-state index contributed by atoms with van der Waals surface area (Å²) in [5, 5.41) is 0.469. The molecule has 0 saturated carbocycles. The van der Waals surface area contributed by atoms with Crippen molar-refractivity contribution in [3.8, 4) is 5.75 Å². The highest BCUT2D eigenvalue weighted by Crippen LogP contribution is 2.22. The fourth-order valence-electron chi connectivity index (χ4n) is 2.36. The van der Waals surface area contributed by atoms with Crippen LogP contribution in [0.3, 0.4) is 0 Å². The highest BCUT2D eigenvalue weighted by atomic mass is 35.5. The van der Waals surface area contributed by atoms with Crippen LogP contribution in [0.4, 0.5) is 0 Å². The molecule has 3 aromatic rings. The summed E-state index contributed by atoms with van der Waals surface area (Å²) >= 11 is 5.97. The summed E-state index contributed by atoms with van der Waals surface area (Å²) in [7, 11) is -3.73. The second kappa shape index (κ2) is 9.60. The second-order valence-electron chi connectivity index (χ2n) is 5.84. The molecule has 3 rings (SSSR count). The number of ether oxygens (including phenoxy) is 2. The standard InChI is InChI=1S/C20H18ClNO6S/c21-18-5-1-2-6-19(18)27-12-13-28-20(23)15-7-9-17(10-8-15)29(24,25)22-14-16-4-3-11-26-16/h1-11,22H,12-14H2. The fraction of sp³-hybridized carbons (Fsp3) is 0.150. The van der Waals surface area contributed by atoms with Crippen molar-refractivity contribution in [1.29, 1.82) is 0 Å². The summed E-state index contributed by atoms with van der Waals surface area (Å²) in [4.78, 5) is 12.1. The number of carbonyl (C=O) groups is 1. The summed E-state index contributed by atoms with van der Waals surface area (Å²) in [5.74, 6) is 0.412. The van der Waals surface area contributed by atoms with Gasteiger partial charge in [0.15, 0.2) is 0 Å². The minimum atomic E-state index is -3.73. The quantitative estimate of drug-likeness (QED) is 0.407. The average molecular weight is 436 g/mol. The molecule has 7 nitrogen and oxygen atoms in total. The van der Waals surface area contributed by atoms with E-state index in [1.54, 1.807) is 36.4 Å². The number of para-hydroxylation sites is 1. The lowest BCUT2D eigenvalue weighted by Crippen LogP contribution is -2.23. The Hall–Kier alpha value is -2.81. The van der Waals surface area contributed by atoms with Crippen molar-refractivity contribution in [3.05, 3.63) is 83.3 Å². The monoisotopic (exact) mass is 435 g/mol. The molecule has 152 valence electrons. The predicted octanol–water partition coefficient (Wildman–Crippen LogP) is 3.65. The Balaban J connectivity index is 1.49. The molecular formula is C20H18ClNO6S. The summed E-state index contributed by atoms with van der Waals surface area (Å²) in [6, 6.07) is 15.8. The molecule has 1 N–H and O–H groups in total. The molecule has 1 aromatic heterocycles. The average Bonchev–Trinajstić information content (AvgIpc) is 3.25. The number of nitrogens with one attached hydrogen (secondary N) is 1. The van der Waals surface area contributed by atoms with E-state index < -0.39 is 16.0 Å². The highest BCUT2D eigenvalue weighted by Gasteiger charge is 2.16. The zero-order valence-electron chi connectivity index (χ0n) is 15.2. The number of furan rings is 1. The van der Waals surface area contributed by atoms with Crippen LogP contribution in [-0.4, -0.2) is 27.6 Å². The Morgan fingerprint density at radius 2 is 1.76 bits per heavy atom. The number of carbonyl (C=O) groups excluding carboxylic acids is 1. The number of benzene rings is 2. The van der Waals surface area contributed by atoms with E-state index in [0.29, 0.717) is 16.5 Å². The van der Waals surface area contributed by atoms with Crippen molar-refractivity contribution >= 4 is 27.6 Å². The van der Waals surface area contributed by atoms with Crippen LogP contribution in [0.15, 0.2) is 76.2 Å². The molecule has 0 fully saturated rings. The molecule has 0 aliphatic heterocycles. The first-order chi connectivity index (χ1) is 14.0. The molecular weight excluding hydrogens is 418 g/mol. The van der Waals surface area contributed by atoms with E-state index in [1.807, 2.05) is 0 Å². The van der Waals surface area contributed by atoms with Gasteiger partial charge in [-0.05, 0) is 48.5 Å². The van der Waals surface area contributed by atoms with Crippen LogP contribution in [-0.2, 0) is 21.3 Å². The third kappa shape index (κ3) is 5.83. The zero-order chi connectivity index (χ0) is 20.7. The Labute approximate surface area is 173 Å². The van der Waals surface area contributed by atoms with Crippen LogP contribution in [0, 0.1) is 0 Å². The number of rotatable bonds is 9. The van der Waals surface area contributed by atoms with Crippen molar-refractivity contribution in [1.82, 2.24) is 4.72 Å². The van der Waals surface area contributed by atoms with E-state index in [-0.39, 0.29) is 30.2 Å². The second-order valence-corrected chi connectivity index (χ2v) is 8.02. The molecule has 0 amide bonds. The number of hydrogen-bond acceptors (Lipinski definition) is 6. The van der Waals surface area contributed by atoms with Crippen molar-refractivity contribution in [2.24, 2.45) is 0 Å². The topological polar surface area (TPSA) is 94.8 Å². The number of esters is 1. The SMILES string of the molecule is O=C(OCCOc1ccccc1Cl)c1ccc(S(=O)(=O)NCc2ccco2)cc1. The minimum Gasteiger partial charge on any atom is -0.488 e. The Morgan fingerprint density at radius 3 is 2.45 bits per heavy atom. The normalized spacial score (nSPS) is 11.2. The molecule has 0 spiro atoms. The molecule has 1 heterocycles. The maximum Gasteiger partial charge on any atom is 0.338 e. The Kier molecular flexibility index (Phi) is 6.92. The van der Waals surface area contributed by atoms with Gasteiger partial charge in [0.25, 0.3) is 0 Å². The summed E-state index contributed by atoms with van der Waals surface area (Å²) in [5.41, 5.74) is 0.229. The maximum absolute atomic E-state index is 12.3. The fourth-order valence-corrected chi connectivity index (χ4v) is 3.55. The molecule has 0 atom stereocenters. The van der Waals surface area contributed by atoms with Crippen LogP contribution in [0.2, 0.25) is 5.02 Å². The number of hydrogen-bond donors (Lipinski definition) is 1. The lowest BCUT2D eigenvalue weighted by Gasteiger charge is -2.09. The summed E-state index contributed by atoms with van der Waals surface area (Å²) in [6.45, 7) is 0.192. The van der Waals surface area contributed by atoms with E-state index in [0.717, 1.165) is 0 Å². The lowest BCUT2D eigenvalue weighted by atomic mass is 10.2. The van der Waals surface area contributed by atoms with Gasteiger partial charge in [0, 0.05) is 0 Å². The van der Waals surface area contributed by atoms with Gasteiger partial charge in [0.05, 0.1) is 28.3 Å². The molecule has 0 aliphatic rings. The number of halogens is 1. The smallest absolute Gasteiger partial charge is 0.338 e. The third-order valence-corrected chi connectivity index (χ3v) is 5.56.